The van der Waals surface area contributed by atoms with Crippen molar-refractivity contribution in [3.05, 3.63) is 70.3 Å². The van der Waals surface area contributed by atoms with E-state index in [0.29, 0.717) is 11.0 Å². The van der Waals surface area contributed by atoms with E-state index >= 15 is 0 Å². The van der Waals surface area contributed by atoms with E-state index in [9.17, 15) is 4.79 Å². The second kappa shape index (κ2) is 7.52. The third-order valence-electron chi connectivity index (χ3n) is 4.75. The van der Waals surface area contributed by atoms with Gasteiger partial charge < -0.3 is 15.9 Å². The van der Waals surface area contributed by atoms with Crippen molar-refractivity contribution in [3.63, 3.8) is 0 Å². The van der Waals surface area contributed by atoms with Gasteiger partial charge in [-0.15, -0.1) is 0 Å². The topological polar surface area (TPSA) is 94.0 Å². The molecule has 2 aromatic carbocycles. The minimum atomic E-state index is -0.210. The van der Waals surface area contributed by atoms with Gasteiger partial charge in [-0.1, -0.05) is 11.8 Å². The van der Waals surface area contributed by atoms with E-state index in [4.69, 9.17) is 15.9 Å². The molecule has 142 valence electrons. The van der Waals surface area contributed by atoms with Crippen LogP contribution < -0.4 is 16.0 Å². The Hall–Kier alpha value is -3.06. The van der Waals surface area contributed by atoms with Gasteiger partial charge in [-0.25, -0.2) is 4.68 Å². The van der Waals surface area contributed by atoms with E-state index in [1.807, 2.05) is 30.3 Å². The lowest BCUT2D eigenvalue weighted by Crippen LogP contribution is -2.26. The van der Waals surface area contributed by atoms with Crippen molar-refractivity contribution in [2.45, 2.75) is 29.7 Å². The summed E-state index contributed by atoms with van der Waals surface area (Å²) >= 11 is 1.65. The van der Waals surface area contributed by atoms with Crippen LogP contribution in [0, 0.1) is 5.41 Å². The van der Waals surface area contributed by atoms with Gasteiger partial charge in [0.1, 0.15) is 5.75 Å². The molecule has 0 saturated heterocycles. The highest BCUT2D eigenvalue weighted by Gasteiger charge is 2.13. The molecule has 1 aliphatic rings. The summed E-state index contributed by atoms with van der Waals surface area (Å²) in [5.41, 5.74) is 7.36. The second-order valence-electron chi connectivity index (χ2n) is 6.65. The van der Waals surface area contributed by atoms with E-state index in [1.54, 1.807) is 24.9 Å². The first kappa shape index (κ1) is 18.3. The van der Waals surface area contributed by atoms with Crippen LogP contribution in [0.3, 0.4) is 0 Å². The molecular weight excluding hydrogens is 372 g/mol. The van der Waals surface area contributed by atoms with E-state index in [1.165, 1.54) is 16.4 Å². The summed E-state index contributed by atoms with van der Waals surface area (Å²) in [5.74, 6) is 0.970. The third kappa shape index (κ3) is 3.53. The number of rotatable bonds is 5. The number of nitrogens with one attached hydrogen (secondary N) is 1. The highest BCUT2D eigenvalue weighted by Crippen LogP contribution is 2.34. The molecule has 7 heteroatoms. The summed E-state index contributed by atoms with van der Waals surface area (Å²) in [6.45, 7) is 2.58. The van der Waals surface area contributed by atoms with Crippen molar-refractivity contribution in [2.24, 2.45) is 5.73 Å². The van der Waals surface area contributed by atoms with Crippen LogP contribution in [-0.4, -0.2) is 22.1 Å². The predicted octanol–water partition coefficient (Wildman–Crippen LogP) is 3.36. The maximum absolute atomic E-state index is 12.7. The first-order valence-corrected chi connectivity index (χ1v) is 9.76. The van der Waals surface area contributed by atoms with Crippen LogP contribution in [-0.2, 0) is 13.0 Å². The molecule has 0 saturated carbocycles. The molecule has 1 aliphatic heterocycles. The van der Waals surface area contributed by atoms with Crippen LogP contribution in [0.4, 0.5) is 0 Å². The SMILES string of the molecule is C/C(=C/N)C(=N)Cn1ncc2cc(Sc3ccc4c(c3)CCO4)ccc2c1=O. The number of fused-ring (bicyclic) bond motifs is 2. The normalized spacial score (nSPS) is 13.4. The zero-order chi connectivity index (χ0) is 19.7. The van der Waals surface area contributed by atoms with Gasteiger partial charge in [-0.2, -0.15) is 5.10 Å². The van der Waals surface area contributed by atoms with Gasteiger partial charge in [0, 0.05) is 21.6 Å². The largest absolute Gasteiger partial charge is 0.493 e. The van der Waals surface area contributed by atoms with Crippen LogP contribution in [0.5, 0.6) is 5.75 Å². The molecule has 3 aromatic rings. The number of aromatic nitrogens is 2. The molecular formula is C21H20N4O2S. The molecule has 1 aromatic heterocycles. The van der Waals surface area contributed by atoms with Gasteiger partial charge in [0.15, 0.2) is 0 Å². The highest BCUT2D eigenvalue weighted by molar-refractivity contribution is 7.99. The van der Waals surface area contributed by atoms with Crippen molar-refractivity contribution >= 4 is 28.2 Å². The molecule has 28 heavy (non-hydrogen) atoms. The Morgan fingerprint density at radius 1 is 1.32 bits per heavy atom. The van der Waals surface area contributed by atoms with Gasteiger partial charge in [0.05, 0.1) is 30.4 Å². The number of hydrogen-bond donors (Lipinski definition) is 2. The number of ether oxygens (including phenoxy) is 1. The molecule has 2 heterocycles. The van der Waals surface area contributed by atoms with Gasteiger partial charge in [0.25, 0.3) is 5.56 Å². The fourth-order valence-electron chi connectivity index (χ4n) is 3.08. The Kier molecular flexibility index (Phi) is 4.92. The fraction of sp³-hybridized carbons (Fsp3) is 0.190. The molecule has 0 spiro atoms. The van der Waals surface area contributed by atoms with E-state index in [2.05, 4.69) is 11.2 Å². The summed E-state index contributed by atoms with van der Waals surface area (Å²) in [7, 11) is 0. The second-order valence-corrected chi connectivity index (χ2v) is 7.80. The lowest BCUT2D eigenvalue weighted by atomic mass is 10.2. The van der Waals surface area contributed by atoms with Crippen molar-refractivity contribution in [3.8, 4) is 5.75 Å². The summed E-state index contributed by atoms with van der Waals surface area (Å²) < 4.78 is 6.85. The summed E-state index contributed by atoms with van der Waals surface area (Å²) in [5, 5.41) is 13.6. The Bertz CT molecular complexity index is 1170. The summed E-state index contributed by atoms with van der Waals surface area (Å²) in [4.78, 5) is 14.9. The number of hydrogen-bond acceptors (Lipinski definition) is 6. The Labute approximate surface area is 166 Å². The van der Waals surface area contributed by atoms with Crippen LogP contribution in [0.2, 0.25) is 0 Å². The Morgan fingerprint density at radius 2 is 2.11 bits per heavy atom. The highest BCUT2D eigenvalue weighted by atomic mass is 32.2. The molecule has 6 nitrogen and oxygen atoms in total. The molecule has 0 atom stereocenters. The van der Waals surface area contributed by atoms with Gasteiger partial charge in [-0.3, -0.25) is 4.79 Å². The fourth-order valence-corrected chi connectivity index (χ4v) is 4.01. The lowest BCUT2D eigenvalue weighted by molar-refractivity contribution is 0.357. The van der Waals surface area contributed by atoms with Crippen molar-refractivity contribution in [1.82, 2.24) is 9.78 Å². The van der Waals surface area contributed by atoms with E-state index < -0.39 is 0 Å². The number of benzene rings is 2. The average Bonchev–Trinajstić information content (AvgIpc) is 3.17. The smallest absolute Gasteiger partial charge is 0.274 e. The quantitative estimate of drug-likeness (QED) is 0.649. The molecule has 0 bridgehead atoms. The molecule has 0 radical (unpaired) electrons. The van der Waals surface area contributed by atoms with Crippen molar-refractivity contribution in [2.75, 3.05) is 6.61 Å². The van der Waals surface area contributed by atoms with Crippen LogP contribution in [0.25, 0.3) is 10.8 Å². The van der Waals surface area contributed by atoms with E-state index in [0.717, 1.165) is 34.0 Å². The average molecular weight is 392 g/mol. The predicted molar refractivity (Wildman–Crippen MR) is 111 cm³/mol. The number of nitrogens with two attached hydrogens (primary N) is 1. The molecule has 3 N–H and O–H groups in total. The summed E-state index contributed by atoms with van der Waals surface area (Å²) in [6, 6.07) is 12.0. The standard InChI is InChI=1S/C21H20N4O2S/c1-13(10-22)19(23)12-25-21(26)18-4-2-16(9-15(18)11-24-25)28-17-3-5-20-14(8-17)6-7-27-20/h2-5,8-11,23H,6-7,12,22H2,1H3/b13-10-,23-19?. The number of allylic oxidation sites excluding steroid dienone is 1. The van der Waals surface area contributed by atoms with Crippen LogP contribution >= 0.6 is 11.8 Å². The Morgan fingerprint density at radius 3 is 2.93 bits per heavy atom. The minimum Gasteiger partial charge on any atom is -0.493 e. The Balaban J connectivity index is 1.60. The third-order valence-corrected chi connectivity index (χ3v) is 5.73. The molecule has 0 unspecified atom stereocenters. The zero-order valence-electron chi connectivity index (χ0n) is 15.4. The van der Waals surface area contributed by atoms with Gasteiger partial charge in [-0.05, 0) is 60.7 Å². The monoisotopic (exact) mass is 392 g/mol. The zero-order valence-corrected chi connectivity index (χ0v) is 16.3. The maximum atomic E-state index is 12.7. The van der Waals surface area contributed by atoms with Gasteiger partial charge in [0.2, 0.25) is 0 Å². The summed E-state index contributed by atoms with van der Waals surface area (Å²) in [6.07, 6.45) is 3.98. The van der Waals surface area contributed by atoms with E-state index in [-0.39, 0.29) is 17.8 Å². The number of nitrogens with zero attached hydrogens (tertiary/aromatic N) is 2. The lowest BCUT2D eigenvalue weighted by Gasteiger charge is -2.09. The molecule has 4 rings (SSSR count). The van der Waals surface area contributed by atoms with Crippen LogP contribution in [0.1, 0.15) is 12.5 Å². The molecule has 0 aliphatic carbocycles. The molecule has 0 amide bonds. The molecule has 0 fully saturated rings. The first-order valence-electron chi connectivity index (χ1n) is 8.95. The van der Waals surface area contributed by atoms with Crippen molar-refractivity contribution < 1.29 is 4.74 Å². The van der Waals surface area contributed by atoms with Gasteiger partial charge >= 0.3 is 0 Å². The maximum Gasteiger partial charge on any atom is 0.274 e. The van der Waals surface area contributed by atoms with Crippen molar-refractivity contribution in [1.29, 1.82) is 5.41 Å². The first-order chi connectivity index (χ1) is 13.5. The minimum absolute atomic E-state index is 0.0992. The van der Waals surface area contributed by atoms with Crippen LogP contribution in [0.15, 0.2) is 69.0 Å².